The first-order valence-corrected chi connectivity index (χ1v) is 13.8. The van der Waals surface area contributed by atoms with Gasteiger partial charge in [0.2, 0.25) is 24.1 Å². The summed E-state index contributed by atoms with van der Waals surface area (Å²) in [7, 11) is -1.73. The maximum absolute atomic E-state index is 13.7. The predicted octanol–water partition coefficient (Wildman–Crippen LogP) is 1.70. The van der Waals surface area contributed by atoms with Crippen LogP contribution < -0.4 is 20.9 Å². The maximum Gasteiger partial charge on any atom is 0.472 e. The second-order valence-corrected chi connectivity index (χ2v) is 10.3. The van der Waals surface area contributed by atoms with Crippen molar-refractivity contribution in [2.75, 3.05) is 11.3 Å². The average molecular weight is 572 g/mol. The van der Waals surface area contributed by atoms with Gasteiger partial charge in [0.05, 0.1) is 6.44 Å². The first-order valence-electron chi connectivity index (χ1n) is 13.8. The molecule has 42 heavy (non-hydrogen) atoms. The zero-order chi connectivity index (χ0) is 30.6. The monoisotopic (exact) mass is 572 g/mol. The first kappa shape index (κ1) is 32.0. The number of nitrogens with one attached hydrogen (secondary N) is 3. The van der Waals surface area contributed by atoms with Crippen LogP contribution in [0.5, 0.6) is 0 Å². The van der Waals surface area contributed by atoms with Gasteiger partial charge in [-0.1, -0.05) is 86.6 Å². The van der Waals surface area contributed by atoms with E-state index in [4.69, 9.17) is 10.0 Å². The van der Waals surface area contributed by atoms with Crippen molar-refractivity contribution in [1.29, 1.82) is 0 Å². The first-order chi connectivity index (χ1) is 20.1. The van der Waals surface area contributed by atoms with Gasteiger partial charge in [0.25, 0.3) is 0 Å². The van der Waals surface area contributed by atoms with Crippen LogP contribution in [-0.2, 0) is 25.6 Å². The van der Waals surface area contributed by atoms with Crippen molar-refractivity contribution in [3.8, 4) is 11.1 Å². The van der Waals surface area contributed by atoms with Gasteiger partial charge in [-0.15, -0.1) is 0 Å². The van der Waals surface area contributed by atoms with E-state index in [0.717, 1.165) is 16.7 Å². The maximum atomic E-state index is 13.7. The summed E-state index contributed by atoms with van der Waals surface area (Å²) in [5, 5.41) is 25.7. The second kappa shape index (κ2) is 15.5. The van der Waals surface area contributed by atoms with Crippen LogP contribution in [-0.4, -0.2) is 65.9 Å². The SMILES string of the molecule is CC(C)[C@@H](C(=O)N[C@@H](Cc1ccccc1)C(=O)N[C@@H](C)C(=O)NCB(O)O)N(C=O)c1ccc(-c2ccccc2)cc1. The molecular weight excluding hydrogens is 535 g/mol. The van der Waals surface area contributed by atoms with E-state index in [-0.39, 0.29) is 12.3 Å². The quantitative estimate of drug-likeness (QED) is 0.147. The molecule has 0 saturated heterocycles. The Hall–Kier alpha value is -4.48. The molecule has 0 aliphatic carbocycles. The highest BCUT2D eigenvalue weighted by atomic mass is 16.4. The van der Waals surface area contributed by atoms with Gasteiger partial charge in [0.1, 0.15) is 18.1 Å². The molecule has 0 saturated carbocycles. The van der Waals surface area contributed by atoms with Gasteiger partial charge in [-0.2, -0.15) is 0 Å². The second-order valence-electron chi connectivity index (χ2n) is 10.3. The molecule has 0 aromatic heterocycles. The summed E-state index contributed by atoms with van der Waals surface area (Å²) in [5.74, 6) is -2.06. The highest BCUT2D eigenvalue weighted by Gasteiger charge is 2.33. The van der Waals surface area contributed by atoms with E-state index >= 15 is 0 Å². The van der Waals surface area contributed by atoms with Crippen LogP contribution in [0.3, 0.4) is 0 Å². The Morgan fingerprint density at radius 3 is 1.90 bits per heavy atom. The molecular formula is C31H37BN4O6. The molecule has 0 radical (unpaired) electrons. The number of nitrogens with zero attached hydrogens (tertiary/aromatic N) is 1. The molecule has 10 nitrogen and oxygen atoms in total. The Morgan fingerprint density at radius 1 is 0.786 bits per heavy atom. The van der Waals surface area contributed by atoms with Crippen LogP contribution in [0, 0.1) is 5.92 Å². The lowest BCUT2D eigenvalue weighted by Gasteiger charge is -2.32. The number of benzene rings is 3. The summed E-state index contributed by atoms with van der Waals surface area (Å²) >= 11 is 0. The number of hydrogen-bond donors (Lipinski definition) is 5. The van der Waals surface area contributed by atoms with Crippen LogP contribution in [0.4, 0.5) is 5.69 Å². The number of rotatable bonds is 14. The third-order valence-corrected chi connectivity index (χ3v) is 6.71. The molecule has 0 heterocycles. The molecule has 0 unspecified atom stereocenters. The fourth-order valence-corrected chi connectivity index (χ4v) is 4.53. The average Bonchev–Trinajstić information content (AvgIpc) is 2.98. The predicted molar refractivity (Wildman–Crippen MR) is 162 cm³/mol. The topological polar surface area (TPSA) is 148 Å². The van der Waals surface area contributed by atoms with Gasteiger partial charge in [-0.3, -0.25) is 19.2 Å². The Labute approximate surface area is 246 Å². The molecule has 11 heteroatoms. The van der Waals surface area contributed by atoms with E-state index in [1.54, 1.807) is 12.1 Å². The molecule has 3 atom stereocenters. The van der Waals surface area contributed by atoms with Gasteiger partial charge >= 0.3 is 7.12 Å². The number of hydrogen-bond acceptors (Lipinski definition) is 6. The minimum Gasteiger partial charge on any atom is -0.426 e. The fourth-order valence-electron chi connectivity index (χ4n) is 4.53. The normalized spacial score (nSPS) is 12.9. The molecule has 4 amide bonds. The van der Waals surface area contributed by atoms with Crippen molar-refractivity contribution in [3.05, 3.63) is 90.5 Å². The molecule has 0 spiro atoms. The lowest BCUT2D eigenvalue weighted by Crippen LogP contribution is -2.58. The van der Waals surface area contributed by atoms with Crippen LogP contribution in [0.15, 0.2) is 84.9 Å². The zero-order valence-corrected chi connectivity index (χ0v) is 23.9. The molecule has 220 valence electrons. The van der Waals surface area contributed by atoms with Crippen LogP contribution >= 0.6 is 0 Å². The molecule has 0 fully saturated rings. The largest absolute Gasteiger partial charge is 0.472 e. The summed E-state index contributed by atoms with van der Waals surface area (Å²) in [6.07, 6.45) is 0.350. The Balaban J connectivity index is 1.81. The lowest BCUT2D eigenvalue weighted by molar-refractivity contribution is -0.132. The molecule has 3 aromatic carbocycles. The number of carbonyl (C=O) groups excluding carboxylic acids is 4. The van der Waals surface area contributed by atoms with E-state index in [9.17, 15) is 19.2 Å². The van der Waals surface area contributed by atoms with Gasteiger partial charge in [0.15, 0.2) is 0 Å². The molecule has 0 aliphatic heterocycles. The summed E-state index contributed by atoms with van der Waals surface area (Å²) < 4.78 is 0. The van der Waals surface area contributed by atoms with E-state index in [1.807, 2.05) is 86.6 Å². The fraction of sp³-hybridized carbons (Fsp3) is 0.290. The van der Waals surface area contributed by atoms with Crippen LogP contribution in [0.1, 0.15) is 26.3 Å². The van der Waals surface area contributed by atoms with Crippen molar-refractivity contribution >= 4 is 36.9 Å². The van der Waals surface area contributed by atoms with E-state index in [2.05, 4.69) is 16.0 Å². The Bertz CT molecular complexity index is 1320. The summed E-state index contributed by atoms with van der Waals surface area (Å²) in [5.41, 5.74) is 3.29. The minimum atomic E-state index is -1.73. The van der Waals surface area contributed by atoms with Crippen molar-refractivity contribution in [3.63, 3.8) is 0 Å². The van der Waals surface area contributed by atoms with Gasteiger partial charge in [-0.25, -0.2) is 0 Å². The molecule has 0 bridgehead atoms. The third kappa shape index (κ3) is 9.02. The summed E-state index contributed by atoms with van der Waals surface area (Å²) in [6, 6.07) is 23.2. The Kier molecular flexibility index (Phi) is 11.8. The van der Waals surface area contributed by atoms with Crippen molar-refractivity contribution in [1.82, 2.24) is 16.0 Å². The van der Waals surface area contributed by atoms with Crippen molar-refractivity contribution < 1.29 is 29.2 Å². The van der Waals surface area contributed by atoms with Gasteiger partial charge in [0, 0.05) is 12.1 Å². The Morgan fingerprint density at radius 2 is 1.36 bits per heavy atom. The molecule has 3 rings (SSSR count). The van der Waals surface area contributed by atoms with Gasteiger partial charge < -0.3 is 30.9 Å². The molecule has 3 aromatic rings. The molecule has 0 aliphatic rings. The minimum absolute atomic E-state index is 0.139. The zero-order valence-electron chi connectivity index (χ0n) is 23.9. The van der Waals surface area contributed by atoms with E-state index in [0.29, 0.717) is 12.1 Å². The highest BCUT2D eigenvalue weighted by Crippen LogP contribution is 2.25. The smallest absolute Gasteiger partial charge is 0.426 e. The number of amides is 4. The lowest BCUT2D eigenvalue weighted by atomic mass is 9.92. The summed E-state index contributed by atoms with van der Waals surface area (Å²) in [6.45, 7) is 5.07. The highest BCUT2D eigenvalue weighted by molar-refractivity contribution is 6.41. The summed E-state index contributed by atoms with van der Waals surface area (Å²) in [4.78, 5) is 53.0. The van der Waals surface area contributed by atoms with Crippen molar-refractivity contribution in [2.24, 2.45) is 5.92 Å². The van der Waals surface area contributed by atoms with E-state index < -0.39 is 49.4 Å². The van der Waals surface area contributed by atoms with Gasteiger partial charge in [-0.05, 0) is 41.7 Å². The third-order valence-electron chi connectivity index (χ3n) is 6.71. The number of carbonyl (C=O) groups is 4. The van der Waals surface area contributed by atoms with E-state index in [1.165, 1.54) is 11.8 Å². The standard InChI is InChI=1S/C31H37BN4O6/c1-21(2)28(36(20-37)26-16-14-25(15-17-26)24-12-8-5-9-13-24)31(40)35-27(18-23-10-6-4-7-11-23)30(39)34-22(3)29(38)33-19-32(41)42/h4-17,20-22,27-28,41-42H,18-19H2,1-3H3,(H,33,38)(H,34,39)(H,35,40)/t22-,27-,28-/m0/s1. The van der Waals surface area contributed by atoms with Crippen LogP contribution in [0.2, 0.25) is 0 Å². The van der Waals surface area contributed by atoms with Crippen molar-refractivity contribution in [2.45, 2.75) is 45.3 Å². The number of anilines is 1. The molecule has 5 N–H and O–H groups in total. The van der Waals surface area contributed by atoms with Crippen LogP contribution in [0.25, 0.3) is 11.1 Å².